The lowest BCUT2D eigenvalue weighted by Crippen LogP contribution is -2.39. The van der Waals surface area contributed by atoms with Gasteiger partial charge in [-0.25, -0.2) is 4.39 Å². The van der Waals surface area contributed by atoms with E-state index in [9.17, 15) is 9.18 Å². The van der Waals surface area contributed by atoms with Crippen LogP contribution in [0.1, 0.15) is 30.0 Å². The molecule has 1 N–H and O–H groups in total. The average Bonchev–Trinajstić information content (AvgIpc) is 2.64. The molecule has 3 nitrogen and oxygen atoms in total. The summed E-state index contributed by atoms with van der Waals surface area (Å²) in [5.41, 5.74) is 2.60. The fourth-order valence-electron chi connectivity index (χ4n) is 2.51. The van der Waals surface area contributed by atoms with Gasteiger partial charge in [0.1, 0.15) is 11.6 Å². The molecule has 1 unspecified atom stereocenters. The number of ether oxygens (including phenoxy) is 1. The second-order valence-corrected chi connectivity index (χ2v) is 7.84. The highest BCUT2D eigenvalue weighted by molar-refractivity contribution is 7.98. The van der Waals surface area contributed by atoms with E-state index in [0.717, 1.165) is 16.9 Å². The molecule has 0 aliphatic heterocycles. The van der Waals surface area contributed by atoms with Crippen LogP contribution in [0.15, 0.2) is 36.4 Å². The van der Waals surface area contributed by atoms with E-state index < -0.39 is 6.10 Å². The Morgan fingerprint density at radius 3 is 2.78 bits per heavy atom. The van der Waals surface area contributed by atoms with Crippen LogP contribution in [0.4, 0.5) is 4.39 Å². The molecule has 0 fully saturated rings. The van der Waals surface area contributed by atoms with Crippen molar-refractivity contribution in [1.29, 1.82) is 0 Å². The molecule has 1 atom stereocenters. The Hall–Kier alpha value is -1.72. The first-order chi connectivity index (χ1) is 12.9. The molecule has 0 bridgehead atoms. The molecule has 0 aliphatic carbocycles. The highest BCUT2D eigenvalue weighted by Crippen LogP contribution is 2.24. The molecule has 0 saturated carbocycles. The minimum atomic E-state index is -0.531. The van der Waals surface area contributed by atoms with Crippen LogP contribution in [0.3, 0.4) is 0 Å². The standard InChI is InChI=1S/C21H25ClFNO2S/c1-4-19(26-20-12-14(2)8-9-15(20)3)21(25)24-10-11-27-13-16-17(22)6-5-7-18(16)23/h5-9,12,19H,4,10-11,13H2,1-3H3,(H,24,25). The van der Waals surface area contributed by atoms with Gasteiger partial charge in [0.05, 0.1) is 0 Å². The van der Waals surface area contributed by atoms with Crippen molar-refractivity contribution in [2.75, 3.05) is 12.3 Å². The number of carbonyl (C=O) groups excluding carboxylic acids is 1. The molecule has 0 heterocycles. The van der Waals surface area contributed by atoms with E-state index in [1.807, 2.05) is 39.0 Å². The van der Waals surface area contributed by atoms with Crippen molar-refractivity contribution < 1.29 is 13.9 Å². The number of benzene rings is 2. The number of thioether (sulfide) groups is 1. The molecule has 2 aromatic rings. The number of amides is 1. The summed E-state index contributed by atoms with van der Waals surface area (Å²) < 4.78 is 19.6. The van der Waals surface area contributed by atoms with Gasteiger partial charge in [0.2, 0.25) is 0 Å². The van der Waals surface area contributed by atoms with E-state index in [1.54, 1.807) is 12.1 Å². The average molecular weight is 410 g/mol. The van der Waals surface area contributed by atoms with E-state index in [4.69, 9.17) is 16.3 Å². The summed E-state index contributed by atoms with van der Waals surface area (Å²) in [5.74, 6) is 1.43. The number of nitrogens with one attached hydrogen (secondary N) is 1. The third-order valence-corrected chi connectivity index (χ3v) is 5.47. The number of halogens is 2. The summed E-state index contributed by atoms with van der Waals surface area (Å²) in [6, 6.07) is 10.6. The maximum Gasteiger partial charge on any atom is 0.261 e. The van der Waals surface area contributed by atoms with E-state index in [2.05, 4.69) is 5.32 Å². The molecule has 2 rings (SSSR count). The molecule has 0 aromatic heterocycles. The first-order valence-corrected chi connectivity index (χ1v) is 10.5. The van der Waals surface area contributed by atoms with Crippen molar-refractivity contribution in [3.05, 3.63) is 63.9 Å². The van der Waals surface area contributed by atoms with Gasteiger partial charge in [-0.2, -0.15) is 11.8 Å². The van der Waals surface area contributed by atoms with Gasteiger partial charge in [0, 0.05) is 28.6 Å². The van der Waals surface area contributed by atoms with Gasteiger partial charge in [0.15, 0.2) is 6.10 Å². The highest BCUT2D eigenvalue weighted by Gasteiger charge is 2.18. The lowest BCUT2D eigenvalue weighted by Gasteiger charge is -2.19. The first kappa shape index (κ1) is 21.6. The van der Waals surface area contributed by atoms with Gasteiger partial charge in [-0.3, -0.25) is 4.79 Å². The van der Waals surface area contributed by atoms with Crippen LogP contribution in [0.5, 0.6) is 5.75 Å². The van der Waals surface area contributed by atoms with Gasteiger partial charge in [-0.05, 0) is 49.6 Å². The normalized spacial score (nSPS) is 11.9. The van der Waals surface area contributed by atoms with Crippen LogP contribution in [0.2, 0.25) is 5.02 Å². The van der Waals surface area contributed by atoms with Crippen LogP contribution < -0.4 is 10.1 Å². The van der Waals surface area contributed by atoms with Crippen molar-refractivity contribution in [2.24, 2.45) is 0 Å². The van der Waals surface area contributed by atoms with Crippen molar-refractivity contribution in [3.8, 4) is 5.75 Å². The summed E-state index contributed by atoms with van der Waals surface area (Å²) in [4.78, 5) is 12.4. The van der Waals surface area contributed by atoms with Gasteiger partial charge >= 0.3 is 0 Å². The van der Waals surface area contributed by atoms with E-state index in [0.29, 0.717) is 35.1 Å². The fraction of sp³-hybridized carbons (Fsp3) is 0.381. The molecule has 0 aliphatic rings. The zero-order valence-electron chi connectivity index (χ0n) is 15.9. The molecule has 146 valence electrons. The molecule has 0 radical (unpaired) electrons. The van der Waals surface area contributed by atoms with Crippen LogP contribution >= 0.6 is 23.4 Å². The topological polar surface area (TPSA) is 38.3 Å². The quantitative estimate of drug-likeness (QED) is 0.571. The zero-order valence-corrected chi connectivity index (χ0v) is 17.4. The summed E-state index contributed by atoms with van der Waals surface area (Å²) in [6.45, 7) is 6.36. The van der Waals surface area contributed by atoms with Gasteiger partial charge < -0.3 is 10.1 Å². The van der Waals surface area contributed by atoms with Crippen LogP contribution in [-0.2, 0) is 10.5 Å². The van der Waals surface area contributed by atoms with Gasteiger partial charge in [0.25, 0.3) is 5.91 Å². The van der Waals surface area contributed by atoms with E-state index in [1.165, 1.54) is 17.8 Å². The minimum Gasteiger partial charge on any atom is -0.480 e. The minimum absolute atomic E-state index is 0.136. The Labute approximate surface area is 169 Å². The summed E-state index contributed by atoms with van der Waals surface area (Å²) in [5, 5.41) is 3.32. The predicted molar refractivity (Wildman–Crippen MR) is 111 cm³/mol. The Kier molecular flexibility index (Phi) is 8.45. The van der Waals surface area contributed by atoms with Crippen molar-refractivity contribution in [1.82, 2.24) is 5.32 Å². The Morgan fingerprint density at radius 1 is 1.30 bits per heavy atom. The van der Waals surface area contributed by atoms with Gasteiger partial charge in [-0.15, -0.1) is 0 Å². The number of rotatable bonds is 9. The molecule has 2 aromatic carbocycles. The number of hydrogen-bond donors (Lipinski definition) is 1. The van der Waals surface area contributed by atoms with Crippen LogP contribution in [0.25, 0.3) is 0 Å². The molecule has 0 spiro atoms. The maximum atomic E-state index is 13.7. The monoisotopic (exact) mass is 409 g/mol. The van der Waals surface area contributed by atoms with Crippen molar-refractivity contribution in [3.63, 3.8) is 0 Å². The lowest BCUT2D eigenvalue weighted by atomic mass is 10.1. The Balaban J connectivity index is 1.79. The largest absolute Gasteiger partial charge is 0.480 e. The fourth-order valence-corrected chi connectivity index (χ4v) is 3.71. The van der Waals surface area contributed by atoms with Gasteiger partial charge in [-0.1, -0.05) is 36.7 Å². The molecule has 1 amide bonds. The summed E-state index contributed by atoms with van der Waals surface area (Å²) in [7, 11) is 0. The SMILES string of the molecule is CCC(Oc1cc(C)ccc1C)C(=O)NCCSCc1c(F)cccc1Cl. The summed E-state index contributed by atoms with van der Waals surface area (Å²) >= 11 is 7.54. The first-order valence-electron chi connectivity index (χ1n) is 8.94. The van der Waals surface area contributed by atoms with E-state index in [-0.39, 0.29) is 11.7 Å². The summed E-state index contributed by atoms with van der Waals surface area (Å²) in [6.07, 6.45) is 0.0495. The third kappa shape index (κ3) is 6.43. The third-order valence-electron chi connectivity index (χ3n) is 4.13. The van der Waals surface area contributed by atoms with Crippen molar-refractivity contribution in [2.45, 2.75) is 39.0 Å². The molecular formula is C21H25ClFNO2S. The predicted octanol–water partition coefficient (Wildman–Crippen LogP) is 5.30. The second-order valence-electron chi connectivity index (χ2n) is 6.33. The van der Waals surface area contributed by atoms with Crippen molar-refractivity contribution >= 4 is 29.3 Å². The number of carbonyl (C=O) groups is 1. The van der Waals surface area contributed by atoms with Crippen LogP contribution in [0, 0.1) is 19.7 Å². The second kappa shape index (κ2) is 10.6. The molecule has 27 heavy (non-hydrogen) atoms. The van der Waals surface area contributed by atoms with Crippen LogP contribution in [-0.4, -0.2) is 24.3 Å². The molecule has 0 saturated heterocycles. The lowest BCUT2D eigenvalue weighted by molar-refractivity contribution is -0.128. The molecule has 6 heteroatoms. The molecular weight excluding hydrogens is 385 g/mol. The Morgan fingerprint density at radius 2 is 2.07 bits per heavy atom. The highest BCUT2D eigenvalue weighted by atomic mass is 35.5. The Bertz CT molecular complexity index is 765. The number of aryl methyl sites for hydroxylation is 2. The smallest absolute Gasteiger partial charge is 0.261 e. The number of hydrogen-bond acceptors (Lipinski definition) is 3. The maximum absolute atomic E-state index is 13.7. The van der Waals surface area contributed by atoms with E-state index >= 15 is 0 Å². The zero-order chi connectivity index (χ0) is 19.8.